The van der Waals surface area contributed by atoms with E-state index in [2.05, 4.69) is 30.3 Å². The van der Waals surface area contributed by atoms with Crippen LogP contribution in [0.2, 0.25) is 0 Å². The molecule has 0 saturated carbocycles. The molecule has 0 bridgehead atoms. The van der Waals surface area contributed by atoms with Gasteiger partial charge in [-0.25, -0.2) is 0 Å². The van der Waals surface area contributed by atoms with Crippen molar-refractivity contribution in [2.24, 2.45) is 5.92 Å². The van der Waals surface area contributed by atoms with E-state index in [4.69, 9.17) is 0 Å². The first kappa shape index (κ1) is 13.9. The van der Waals surface area contributed by atoms with Crippen molar-refractivity contribution in [1.29, 1.82) is 0 Å². The summed E-state index contributed by atoms with van der Waals surface area (Å²) in [4.78, 5) is 14.3. The first-order valence-electron chi connectivity index (χ1n) is 7.74. The van der Waals surface area contributed by atoms with Crippen molar-refractivity contribution in [2.45, 2.75) is 25.8 Å². The van der Waals surface area contributed by atoms with E-state index in [1.54, 1.807) is 0 Å². The van der Waals surface area contributed by atoms with Gasteiger partial charge in [-0.15, -0.1) is 0 Å². The number of carbonyl (C=O) groups excluding carboxylic acids is 1. The number of likely N-dealkylation sites (tertiary alicyclic amines) is 1. The third-order valence-corrected chi connectivity index (χ3v) is 4.32. The predicted octanol–water partition coefficient (Wildman–Crippen LogP) is 2.97. The molecule has 1 amide bonds. The van der Waals surface area contributed by atoms with Gasteiger partial charge < -0.3 is 9.47 Å². The molecule has 3 nitrogen and oxygen atoms in total. The van der Waals surface area contributed by atoms with Gasteiger partial charge in [-0.3, -0.25) is 4.79 Å². The molecule has 0 N–H and O–H groups in total. The summed E-state index contributed by atoms with van der Waals surface area (Å²) >= 11 is 0. The lowest BCUT2D eigenvalue weighted by Gasteiger charge is -2.32. The molecule has 0 unspecified atom stereocenters. The second kappa shape index (κ2) is 6.61. The summed E-state index contributed by atoms with van der Waals surface area (Å²) in [5.41, 5.74) is 1.41. The Kier molecular flexibility index (Phi) is 4.39. The molecule has 1 aromatic heterocycles. The molecule has 0 aliphatic carbocycles. The summed E-state index contributed by atoms with van der Waals surface area (Å²) in [6.45, 7) is 2.27. The zero-order valence-electron chi connectivity index (χ0n) is 12.3. The molecular formula is C18H22N2O. The molecule has 1 aliphatic heterocycles. The van der Waals surface area contributed by atoms with Crippen molar-refractivity contribution < 1.29 is 4.79 Å². The number of piperidine rings is 1. The summed E-state index contributed by atoms with van der Waals surface area (Å²) in [7, 11) is 0. The second-order valence-corrected chi connectivity index (χ2v) is 5.87. The highest BCUT2D eigenvalue weighted by atomic mass is 16.2. The Morgan fingerprint density at radius 1 is 1.00 bits per heavy atom. The van der Waals surface area contributed by atoms with Crippen LogP contribution in [0.1, 0.15) is 18.4 Å². The van der Waals surface area contributed by atoms with Gasteiger partial charge in [-0.2, -0.15) is 0 Å². The Morgan fingerprint density at radius 3 is 2.33 bits per heavy atom. The lowest BCUT2D eigenvalue weighted by molar-refractivity contribution is -0.133. The van der Waals surface area contributed by atoms with Crippen molar-refractivity contribution in [1.82, 2.24) is 9.47 Å². The topological polar surface area (TPSA) is 25.2 Å². The van der Waals surface area contributed by atoms with E-state index >= 15 is 0 Å². The van der Waals surface area contributed by atoms with Crippen LogP contribution in [-0.4, -0.2) is 28.5 Å². The molecule has 2 heterocycles. The summed E-state index contributed by atoms with van der Waals surface area (Å²) in [5.74, 6) is 0.951. The van der Waals surface area contributed by atoms with Gasteiger partial charge in [0.1, 0.15) is 6.54 Å². The molecule has 2 aromatic rings. The van der Waals surface area contributed by atoms with E-state index in [1.807, 2.05) is 34.0 Å². The zero-order chi connectivity index (χ0) is 14.5. The molecule has 1 saturated heterocycles. The molecule has 1 fully saturated rings. The summed E-state index contributed by atoms with van der Waals surface area (Å²) in [6, 6.07) is 14.6. The van der Waals surface area contributed by atoms with Gasteiger partial charge in [0, 0.05) is 25.5 Å². The van der Waals surface area contributed by atoms with Crippen molar-refractivity contribution >= 4 is 5.91 Å². The Labute approximate surface area is 126 Å². The average Bonchev–Trinajstić information content (AvgIpc) is 3.02. The molecule has 0 spiro atoms. The number of benzene rings is 1. The highest BCUT2D eigenvalue weighted by molar-refractivity contribution is 5.76. The molecule has 3 heteroatoms. The zero-order valence-corrected chi connectivity index (χ0v) is 12.3. The standard InChI is InChI=1S/C18H22N2O/c21-18(15-19-10-4-5-11-19)20-12-8-17(9-13-20)14-16-6-2-1-3-7-16/h1-7,10-11,17H,8-9,12-15H2. The van der Waals surface area contributed by atoms with Crippen LogP contribution >= 0.6 is 0 Å². The van der Waals surface area contributed by atoms with Gasteiger partial charge in [-0.1, -0.05) is 30.3 Å². The molecule has 1 aromatic carbocycles. The molecule has 3 rings (SSSR count). The summed E-state index contributed by atoms with van der Waals surface area (Å²) in [6.07, 6.45) is 7.26. The number of hydrogen-bond donors (Lipinski definition) is 0. The average molecular weight is 282 g/mol. The van der Waals surface area contributed by atoms with Crippen molar-refractivity contribution in [3.8, 4) is 0 Å². The number of rotatable bonds is 4. The summed E-state index contributed by atoms with van der Waals surface area (Å²) < 4.78 is 1.94. The fraction of sp³-hybridized carbons (Fsp3) is 0.389. The van der Waals surface area contributed by atoms with Crippen LogP contribution in [0, 0.1) is 5.92 Å². The van der Waals surface area contributed by atoms with E-state index in [0.29, 0.717) is 12.5 Å². The first-order chi connectivity index (χ1) is 10.3. The third-order valence-electron chi connectivity index (χ3n) is 4.32. The first-order valence-corrected chi connectivity index (χ1v) is 7.74. The quantitative estimate of drug-likeness (QED) is 0.846. The van der Waals surface area contributed by atoms with Crippen molar-refractivity contribution in [3.63, 3.8) is 0 Å². The highest BCUT2D eigenvalue weighted by Gasteiger charge is 2.22. The molecule has 0 radical (unpaired) electrons. The van der Waals surface area contributed by atoms with Crippen LogP contribution < -0.4 is 0 Å². The van der Waals surface area contributed by atoms with Gasteiger partial charge in [0.15, 0.2) is 0 Å². The maximum atomic E-state index is 12.2. The normalized spacial score (nSPS) is 16.1. The van der Waals surface area contributed by atoms with Crippen LogP contribution in [0.15, 0.2) is 54.9 Å². The molecule has 0 atom stereocenters. The lowest BCUT2D eigenvalue weighted by Crippen LogP contribution is -2.40. The maximum Gasteiger partial charge on any atom is 0.242 e. The SMILES string of the molecule is O=C(Cn1cccc1)N1CCC(Cc2ccccc2)CC1. The number of carbonyl (C=O) groups is 1. The summed E-state index contributed by atoms with van der Waals surface area (Å²) in [5, 5.41) is 0. The van der Waals surface area contributed by atoms with E-state index in [0.717, 1.165) is 32.4 Å². The minimum Gasteiger partial charge on any atom is -0.345 e. The minimum absolute atomic E-state index is 0.240. The second-order valence-electron chi connectivity index (χ2n) is 5.87. The predicted molar refractivity (Wildman–Crippen MR) is 83.9 cm³/mol. The van der Waals surface area contributed by atoms with E-state index in [9.17, 15) is 4.79 Å². The van der Waals surface area contributed by atoms with Crippen molar-refractivity contribution in [3.05, 3.63) is 60.4 Å². The molecular weight excluding hydrogens is 260 g/mol. The lowest BCUT2D eigenvalue weighted by atomic mass is 9.90. The van der Waals surface area contributed by atoms with Gasteiger partial charge in [0.2, 0.25) is 5.91 Å². The number of aromatic nitrogens is 1. The number of nitrogens with zero attached hydrogens (tertiary/aromatic N) is 2. The third kappa shape index (κ3) is 3.75. The number of hydrogen-bond acceptors (Lipinski definition) is 1. The minimum atomic E-state index is 0.240. The molecule has 1 aliphatic rings. The van der Waals surface area contributed by atoms with Crippen LogP contribution in [0.25, 0.3) is 0 Å². The monoisotopic (exact) mass is 282 g/mol. The van der Waals surface area contributed by atoms with E-state index in [1.165, 1.54) is 5.56 Å². The molecule has 110 valence electrons. The van der Waals surface area contributed by atoms with Crippen molar-refractivity contribution in [2.75, 3.05) is 13.1 Å². The highest BCUT2D eigenvalue weighted by Crippen LogP contribution is 2.21. The van der Waals surface area contributed by atoms with Crippen LogP contribution in [0.5, 0.6) is 0 Å². The van der Waals surface area contributed by atoms with E-state index in [-0.39, 0.29) is 5.91 Å². The van der Waals surface area contributed by atoms with Gasteiger partial charge in [0.05, 0.1) is 0 Å². The maximum absolute atomic E-state index is 12.2. The Balaban J connectivity index is 1.47. The van der Waals surface area contributed by atoms with Gasteiger partial charge in [-0.05, 0) is 42.9 Å². The van der Waals surface area contributed by atoms with Gasteiger partial charge in [0.25, 0.3) is 0 Å². The Hall–Kier alpha value is -2.03. The number of amides is 1. The smallest absolute Gasteiger partial charge is 0.242 e. The van der Waals surface area contributed by atoms with E-state index < -0.39 is 0 Å². The fourth-order valence-electron chi connectivity index (χ4n) is 3.07. The Bertz CT molecular complexity index is 554. The largest absolute Gasteiger partial charge is 0.345 e. The van der Waals surface area contributed by atoms with Crippen LogP contribution in [-0.2, 0) is 17.8 Å². The Morgan fingerprint density at radius 2 is 1.67 bits per heavy atom. The van der Waals surface area contributed by atoms with Gasteiger partial charge >= 0.3 is 0 Å². The van der Waals surface area contributed by atoms with Crippen LogP contribution in [0.4, 0.5) is 0 Å². The fourth-order valence-corrected chi connectivity index (χ4v) is 3.07. The van der Waals surface area contributed by atoms with Crippen LogP contribution in [0.3, 0.4) is 0 Å². The molecule has 21 heavy (non-hydrogen) atoms.